The van der Waals surface area contributed by atoms with Gasteiger partial charge in [0.05, 0.1) is 22.4 Å². The fourth-order valence-electron chi connectivity index (χ4n) is 6.30. The Bertz CT molecular complexity index is 2310. The van der Waals surface area contributed by atoms with Crippen LogP contribution in [-0.2, 0) is 6.42 Å². The lowest BCUT2D eigenvalue weighted by Crippen LogP contribution is -2.07. The summed E-state index contributed by atoms with van der Waals surface area (Å²) in [7, 11) is 0. The Morgan fingerprint density at radius 3 is 2.41 bits per heavy atom. The number of hydrogen-bond acceptors (Lipinski definition) is 3. The Balaban J connectivity index is 1.30. The summed E-state index contributed by atoms with van der Waals surface area (Å²) in [4.78, 5) is 4.80. The van der Waals surface area contributed by atoms with Crippen molar-refractivity contribution in [3.8, 4) is 34.1 Å². The molecule has 0 saturated heterocycles. The molecule has 0 N–H and O–H groups in total. The van der Waals surface area contributed by atoms with E-state index in [0.717, 1.165) is 68.7 Å². The number of nitrogens with zero attached hydrogens (tertiary/aromatic N) is 4. The van der Waals surface area contributed by atoms with E-state index >= 15 is 0 Å². The molecule has 0 aliphatic rings. The Morgan fingerprint density at radius 2 is 1.61 bits per heavy atom. The monoisotopic (exact) mass is 607 g/mol. The van der Waals surface area contributed by atoms with Crippen LogP contribution in [-0.4, -0.2) is 19.3 Å². The van der Waals surface area contributed by atoms with E-state index in [1.54, 1.807) is 12.1 Å². The molecule has 0 aliphatic carbocycles. The van der Waals surface area contributed by atoms with Gasteiger partial charge in [-0.05, 0) is 98.6 Å². The minimum atomic E-state index is -2.21. The molecule has 0 saturated carbocycles. The first kappa shape index (κ1) is 26.1. The second-order valence-electron chi connectivity index (χ2n) is 13.3. The molecule has 0 spiro atoms. The van der Waals surface area contributed by atoms with Crippen molar-refractivity contribution in [2.45, 2.75) is 54.3 Å². The summed E-state index contributed by atoms with van der Waals surface area (Å²) in [6.07, 6.45) is 3.84. The van der Waals surface area contributed by atoms with Crippen molar-refractivity contribution in [3.05, 3.63) is 132 Å². The zero-order valence-electron chi connectivity index (χ0n) is 30.0. The number of pyridine rings is 1. The van der Waals surface area contributed by atoms with Crippen molar-refractivity contribution < 1.29 is 8.85 Å². The first-order valence-electron chi connectivity index (χ1n) is 17.3. The van der Waals surface area contributed by atoms with Gasteiger partial charge in [0, 0.05) is 44.5 Å². The van der Waals surface area contributed by atoms with Crippen LogP contribution in [0.2, 0.25) is 0 Å². The largest absolute Gasteiger partial charge is 0.457 e. The van der Waals surface area contributed by atoms with E-state index < -0.39 is 6.85 Å². The van der Waals surface area contributed by atoms with Crippen molar-refractivity contribution in [2.24, 2.45) is 5.41 Å². The topological polar surface area (TPSA) is 44.9 Å². The summed E-state index contributed by atoms with van der Waals surface area (Å²) >= 11 is 0. The highest BCUT2D eigenvalue weighted by molar-refractivity contribution is 6.09. The molecule has 46 heavy (non-hydrogen) atoms. The van der Waals surface area contributed by atoms with Gasteiger partial charge in [-0.3, -0.25) is 4.57 Å². The average molecular weight is 608 g/mol. The van der Waals surface area contributed by atoms with Gasteiger partial charge in [-0.15, -0.1) is 0 Å². The smallest absolute Gasteiger partial charge is 0.137 e. The average Bonchev–Trinajstić information content (AvgIpc) is 3.55. The molecular formula is C41H40N4O. The quantitative estimate of drug-likeness (QED) is 0.181. The fourth-order valence-corrected chi connectivity index (χ4v) is 6.30. The third-order valence-corrected chi connectivity index (χ3v) is 8.59. The predicted octanol–water partition coefficient (Wildman–Crippen LogP) is 10.7. The van der Waals surface area contributed by atoms with E-state index in [4.69, 9.17) is 18.9 Å². The van der Waals surface area contributed by atoms with Gasteiger partial charge >= 0.3 is 0 Å². The summed E-state index contributed by atoms with van der Waals surface area (Å²) in [5.41, 5.74) is 8.70. The highest BCUT2D eigenvalue weighted by Crippen LogP contribution is 2.36. The highest BCUT2D eigenvalue weighted by Gasteiger charge is 2.18. The van der Waals surface area contributed by atoms with E-state index in [0.29, 0.717) is 17.1 Å². The lowest BCUT2D eigenvalue weighted by molar-refractivity contribution is 0.378. The summed E-state index contributed by atoms with van der Waals surface area (Å²) in [6.45, 7) is 8.67. The lowest BCUT2D eigenvalue weighted by Gasteiger charge is -2.18. The second-order valence-corrected chi connectivity index (χ2v) is 13.3. The number of aromatic nitrogens is 4. The van der Waals surface area contributed by atoms with E-state index in [1.165, 1.54) is 5.56 Å². The number of aryl methyl sites for hydroxylation is 3. The van der Waals surface area contributed by atoms with Crippen LogP contribution in [0.1, 0.15) is 53.8 Å². The summed E-state index contributed by atoms with van der Waals surface area (Å²) in [6, 6.07) is 33.8. The molecule has 4 aromatic carbocycles. The minimum absolute atomic E-state index is 0.213. The molecule has 230 valence electrons. The zero-order chi connectivity index (χ0) is 34.5. The molecule has 5 heteroatoms. The molecule has 3 aromatic heterocycles. The molecule has 0 fully saturated rings. The molecule has 3 heterocycles. The van der Waals surface area contributed by atoms with Crippen LogP contribution in [0.5, 0.6) is 11.5 Å². The fraction of sp³-hybridized carbons (Fsp3) is 0.220. The molecular weight excluding hydrogens is 564 g/mol. The van der Waals surface area contributed by atoms with E-state index in [-0.39, 0.29) is 5.41 Å². The maximum Gasteiger partial charge on any atom is 0.137 e. The van der Waals surface area contributed by atoms with E-state index in [9.17, 15) is 0 Å². The molecule has 7 rings (SSSR count). The van der Waals surface area contributed by atoms with Crippen LogP contribution >= 0.6 is 0 Å². The lowest BCUT2D eigenvalue weighted by atomic mass is 9.89. The normalized spacial score (nSPS) is 13.1. The molecule has 5 nitrogen and oxygen atoms in total. The van der Waals surface area contributed by atoms with Crippen LogP contribution in [0.4, 0.5) is 0 Å². The van der Waals surface area contributed by atoms with Crippen molar-refractivity contribution in [2.75, 3.05) is 0 Å². The predicted molar refractivity (Wildman–Crippen MR) is 190 cm³/mol. The Labute approximate surface area is 275 Å². The van der Waals surface area contributed by atoms with Crippen LogP contribution in [0.15, 0.2) is 109 Å². The Morgan fingerprint density at radius 1 is 0.783 bits per heavy atom. The number of ether oxygens (including phenoxy) is 1. The van der Waals surface area contributed by atoms with Crippen molar-refractivity contribution in [3.63, 3.8) is 0 Å². The molecule has 0 aliphatic heterocycles. The number of benzene rings is 4. The van der Waals surface area contributed by atoms with Crippen LogP contribution < -0.4 is 4.74 Å². The second kappa shape index (κ2) is 11.6. The van der Waals surface area contributed by atoms with Crippen LogP contribution in [0, 0.1) is 26.1 Å². The third-order valence-electron chi connectivity index (χ3n) is 8.59. The standard InChI is InChI=1S/C41H40N4O/c1-27-15-18-37-36(23-27)35-17-16-34(26-38(35)44(37)39-24-30(20-22-42-39)19-21-41(4,5)6)46-33-14-10-13-32(25-33)45-29(3)40(28(2)43-45)31-11-8-7-9-12-31/h7-18,20,22-26H,19,21H2,1-6H3/i1D3. The minimum Gasteiger partial charge on any atom is -0.457 e. The summed E-state index contributed by atoms with van der Waals surface area (Å²) in [5.74, 6) is 2.12. The number of hydrogen-bond donors (Lipinski definition) is 0. The van der Waals surface area contributed by atoms with Gasteiger partial charge in [-0.1, -0.05) is 68.8 Å². The SMILES string of the molecule is [2H]C([2H])([2H])c1ccc2c(c1)c1ccc(Oc3cccc(-n4nc(C)c(-c5ccccc5)c4C)c3)cc1n2-c1cc(CCC(C)(C)C)ccn1. The molecule has 0 unspecified atom stereocenters. The van der Waals surface area contributed by atoms with E-state index in [1.807, 2.05) is 84.5 Å². The van der Waals surface area contributed by atoms with Crippen molar-refractivity contribution >= 4 is 21.8 Å². The number of fused-ring (bicyclic) bond motifs is 3. The first-order valence-corrected chi connectivity index (χ1v) is 15.8. The van der Waals surface area contributed by atoms with E-state index in [2.05, 4.69) is 56.5 Å². The van der Waals surface area contributed by atoms with Gasteiger partial charge in [0.1, 0.15) is 17.3 Å². The molecule has 0 amide bonds. The van der Waals surface area contributed by atoms with Gasteiger partial charge in [0.2, 0.25) is 0 Å². The first-order chi connectivity index (χ1) is 23.4. The summed E-state index contributed by atoms with van der Waals surface area (Å²) in [5, 5.41) is 6.67. The van der Waals surface area contributed by atoms with Crippen LogP contribution in [0.3, 0.4) is 0 Å². The molecule has 0 atom stereocenters. The van der Waals surface area contributed by atoms with Gasteiger partial charge < -0.3 is 4.74 Å². The number of rotatable bonds is 7. The zero-order valence-corrected chi connectivity index (χ0v) is 27.0. The van der Waals surface area contributed by atoms with Gasteiger partial charge in [-0.2, -0.15) is 5.10 Å². The Kier molecular flexibility index (Phi) is 6.61. The maximum absolute atomic E-state index is 8.05. The Hall–Kier alpha value is -5.16. The van der Waals surface area contributed by atoms with Crippen molar-refractivity contribution in [1.82, 2.24) is 19.3 Å². The highest BCUT2D eigenvalue weighted by atomic mass is 16.5. The third kappa shape index (κ3) is 5.69. The molecule has 0 radical (unpaired) electrons. The van der Waals surface area contributed by atoms with Gasteiger partial charge in [-0.25, -0.2) is 9.67 Å². The van der Waals surface area contributed by atoms with Gasteiger partial charge in [0.25, 0.3) is 0 Å². The molecule has 7 aromatic rings. The maximum atomic E-state index is 8.05. The van der Waals surface area contributed by atoms with Crippen LogP contribution in [0.25, 0.3) is 44.4 Å². The van der Waals surface area contributed by atoms with Crippen molar-refractivity contribution in [1.29, 1.82) is 0 Å². The summed E-state index contributed by atoms with van der Waals surface area (Å²) < 4.78 is 34.7. The van der Waals surface area contributed by atoms with Gasteiger partial charge in [0.15, 0.2) is 0 Å². The molecule has 0 bridgehead atoms.